The van der Waals surface area contributed by atoms with Gasteiger partial charge in [-0.3, -0.25) is 16.5 Å². The summed E-state index contributed by atoms with van der Waals surface area (Å²) >= 11 is 0. The van der Waals surface area contributed by atoms with Gasteiger partial charge in [-0.2, -0.15) is 0 Å². The van der Waals surface area contributed by atoms with Crippen LogP contribution in [0, 0.1) is 10.1 Å². The molecule has 0 saturated heterocycles. The van der Waals surface area contributed by atoms with Gasteiger partial charge < -0.3 is 10.1 Å². The summed E-state index contributed by atoms with van der Waals surface area (Å²) in [5.41, 5.74) is 0. The Bertz CT molecular complexity index is 230. The molecule has 1 rings (SSSR count). The molecule has 0 unspecified atom stereocenters. The van der Waals surface area contributed by atoms with Crippen LogP contribution >= 0.6 is 0 Å². The second kappa shape index (κ2) is 4.14. The van der Waals surface area contributed by atoms with Gasteiger partial charge in [0.1, 0.15) is 5.10 Å². The van der Waals surface area contributed by atoms with E-state index in [1.807, 2.05) is 0 Å². The number of hydrogen-bond donors (Lipinski definition) is 2. The van der Waals surface area contributed by atoms with Crippen molar-refractivity contribution in [1.82, 2.24) is 0 Å². The van der Waals surface area contributed by atoms with E-state index in [0.717, 1.165) is 0 Å². The Balaban J connectivity index is 0.000000461. The minimum absolute atomic E-state index is 0.824. The minimum atomic E-state index is -1.000. The van der Waals surface area contributed by atoms with Gasteiger partial charge in [-0.15, -0.1) is 0 Å². The van der Waals surface area contributed by atoms with Gasteiger partial charge in [0.2, 0.25) is 0 Å². The first kappa shape index (κ1) is 9.26. The first-order valence-electron chi connectivity index (χ1n) is 2.22. The van der Waals surface area contributed by atoms with E-state index in [2.05, 4.69) is 27.1 Å². The lowest BCUT2D eigenvalue weighted by Crippen LogP contribution is -2.17. The smallest absolute Gasteiger partial charge is 0.358 e. The molecule has 1 heterocycles. The van der Waals surface area contributed by atoms with Gasteiger partial charge in [-0.25, -0.2) is 0 Å². The molecule has 0 spiro atoms. The Hall–Kier alpha value is -1.74. The summed E-state index contributed by atoms with van der Waals surface area (Å²) in [5.74, 6) is 6.18. The molecule has 9 heteroatoms. The number of nitrogens with zero attached hydrogens (tertiary/aromatic N) is 4. The highest BCUT2D eigenvalue weighted by Gasteiger charge is 2.28. The largest absolute Gasteiger partial charge is 0.461 e. The summed E-state index contributed by atoms with van der Waals surface area (Å²) in [4.78, 5) is 19.0. The van der Waals surface area contributed by atoms with Crippen LogP contribution in [0.3, 0.4) is 0 Å². The lowest BCUT2D eigenvalue weighted by Gasteiger charge is -1.82. The fraction of sp³-hybridized carbons (Fsp3) is 0. The molecular weight excluding hydrogens is 156 g/mol. The van der Waals surface area contributed by atoms with Gasteiger partial charge in [0.15, 0.2) is 0 Å². The number of nitro groups is 1. The lowest BCUT2D eigenvalue weighted by molar-refractivity contribution is -0.348. The van der Waals surface area contributed by atoms with Gasteiger partial charge in [-0.1, -0.05) is 5.11 Å². The highest BCUT2D eigenvalue weighted by molar-refractivity contribution is 6.35. The topological polar surface area (TPSA) is 149 Å². The molecule has 0 fully saturated rings. The third kappa shape index (κ3) is 2.15. The second-order valence-electron chi connectivity index (χ2n) is 1.18. The molecule has 0 aromatic heterocycles. The van der Waals surface area contributed by atoms with Crippen molar-refractivity contribution in [3.8, 4) is 0 Å². The maximum atomic E-state index is 10.2. The van der Waals surface area contributed by atoms with Gasteiger partial charge >= 0.3 is 11.7 Å². The molecular formula is C2H4N6O3. The fourth-order valence-corrected chi connectivity index (χ4v) is 0.307. The Morgan fingerprint density at radius 1 is 1.45 bits per heavy atom. The summed E-state index contributed by atoms with van der Waals surface area (Å²) in [5, 5.41) is 18.2. The number of carbonyl (C=O) groups is 1. The van der Waals surface area contributed by atoms with Crippen LogP contribution in [0.4, 0.5) is 0 Å². The van der Waals surface area contributed by atoms with Gasteiger partial charge in [0, 0.05) is 0 Å². The minimum Gasteiger partial charge on any atom is -0.358 e. The van der Waals surface area contributed by atoms with Crippen molar-refractivity contribution < 1.29 is 9.72 Å². The first-order valence-corrected chi connectivity index (χ1v) is 2.22. The predicted molar refractivity (Wildman–Crippen MR) is 32.7 cm³/mol. The fourth-order valence-electron chi connectivity index (χ4n) is 0.307. The zero-order chi connectivity index (χ0) is 8.85. The monoisotopic (exact) mass is 160 g/mol. The summed E-state index contributed by atoms with van der Waals surface area (Å²) < 4.78 is 0. The molecule has 1 aliphatic heterocycles. The van der Waals surface area contributed by atoms with Crippen LogP contribution in [0.5, 0.6) is 0 Å². The van der Waals surface area contributed by atoms with Gasteiger partial charge in [-0.05, 0) is 4.92 Å². The third-order valence-electron chi connectivity index (χ3n) is 0.639. The summed E-state index contributed by atoms with van der Waals surface area (Å²) in [7, 11) is 0. The Morgan fingerprint density at radius 3 is 2.18 bits per heavy atom. The van der Waals surface area contributed by atoms with E-state index in [0.29, 0.717) is 0 Å². The van der Waals surface area contributed by atoms with E-state index in [9.17, 15) is 14.9 Å². The first-order chi connectivity index (χ1) is 5.22. The SMILES string of the molecule is NN.O=C1N=NN=C1[N+](=O)[O-]. The van der Waals surface area contributed by atoms with E-state index >= 15 is 0 Å². The standard InChI is InChI=1S/C2N4O3.H4N2/c7-2-1(6(8)9)3-5-4-2;1-2/h;1-2H2. The Morgan fingerprint density at radius 2 is 2.00 bits per heavy atom. The van der Waals surface area contributed by atoms with Crippen molar-refractivity contribution in [2.75, 3.05) is 0 Å². The summed E-state index contributed by atoms with van der Waals surface area (Å²) in [6, 6.07) is 0. The van der Waals surface area contributed by atoms with E-state index in [4.69, 9.17) is 0 Å². The average Bonchev–Trinajstić information content (AvgIpc) is 2.39. The molecule has 0 bridgehead atoms. The second-order valence-corrected chi connectivity index (χ2v) is 1.18. The van der Waals surface area contributed by atoms with Crippen molar-refractivity contribution in [2.45, 2.75) is 0 Å². The van der Waals surface area contributed by atoms with Crippen LogP contribution in [0.2, 0.25) is 0 Å². The van der Waals surface area contributed by atoms with Crippen molar-refractivity contribution in [3.63, 3.8) is 0 Å². The molecule has 0 aliphatic carbocycles. The molecule has 0 aromatic rings. The van der Waals surface area contributed by atoms with Crippen LogP contribution in [0.1, 0.15) is 0 Å². The molecule has 11 heavy (non-hydrogen) atoms. The van der Waals surface area contributed by atoms with Crippen LogP contribution < -0.4 is 11.7 Å². The van der Waals surface area contributed by atoms with Crippen molar-refractivity contribution in [3.05, 3.63) is 10.1 Å². The zero-order valence-corrected chi connectivity index (χ0v) is 5.17. The molecule has 0 aromatic carbocycles. The number of amides is 1. The van der Waals surface area contributed by atoms with E-state index in [1.54, 1.807) is 0 Å². The van der Waals surface area contributed by atoms with Gasteiger partial charge in [0.25, 0.3) is 0 Å². The number of rotatable bonds is 0. The third-order valence-corrected chi connectivity index (χ3v) is 0.639. The molecule has 0 atom stereocenters. The number of amidine groups is 1. The number of hydrazine groups is 1. The number of carbonyl (C=O) groups excluding carboxylic acids is 1. The Labute approximate surface area is 59.9 Å². The van der Waals surface area contributed by atoms with E-state index in [-0.39, 0.29) is 0 Å². The predicted octanol–water partition coefficient (Wildman–Crippen LogP) is -1.61. The summed E-state index contributed by atoms with van der Waals surface area (Å²) in [6.07, 6.45) is 0. The van der Waals surface area contributed by atoms with Crippen LogP contribution in [0.25, 0.3) is 0 Å². The van der Waals surface area contributed by atoms with Gasteiger partial charge in [0.05, 0.1) is 5.22 Å². The zero-order valence-electron chi connectivity index (χ0n) is 5.17. The highest BCUT2D eigenvalue weighted by atomic mass is 16.6. The van der Waals surface area contributed by atoms with Crippen molar-refractivity contribution >= 4 is 11.7 Å². The maximum absolute atomic E-state index is 10.2. The molecule has 0 radical (unpaired) electrons. The molecule has 9 nitrogen and oxygen atoms in total. The quantitative estimate of drug-likeness (QED) is 0.248. The molecule has 60 valence electrons. The van der Waals surface area contributed by atoms with Crippen LogP contribution in [-0.2, 0) is 4.79 Å². The molecule has 1 amide bonds. The number of nitrogens with two attached hydrogens (primary N) is 2. The molecule has 4 N–H and O–H groups in total. The lowest BCUT2D eigenvalue weighted by atomic mass is 10.6. The average molecular weight is 160 g/mol. The molecule has 1 aliphatic rings. The van der Waals surface area contributed by atoms with Crippen molar-refractivity contribution in [1.29, 1.82) is 0 Å². The van der Waals surface area contributed by atoms with E-state index < -0.39 is 16.7 Å². The van der Waals surface area contributed by atoms with Crippen LogP contribution in [-0.4, -0.2) is 16.7 Å². The molecule has 0 saturated carbocycles. The number of hydrogen-bond acceptors (Lipinski definition) is 7. The maximum Gasteiger partial charge on any atom is 0.461 e. The normalized spacial score (nSPS) is 13.6. The van der Waals surface area contributed by atoms with Crippen LogP contribution in [0.15, 0.2) is 15.4 Å². The highest BCUT2D eigenvalue weighted by Crippen LogP contribution is 1.95. The summed E-state index contributed by atoms with van der Waals surface area (Å²) in [6.45, 7) is 0. The van der Waals surface area contributed by atoms with Crippen molar-refractivity contribution in [2.24, 2.45) is 27.1 Å². The van der Waals surface area contributed by atoms with E-state index in [1.165, 1.54) is 0 Å². The Kier molecular flexibility index (Phi) is 3.48.